The average molecular weight is 285 g/mol. The quantitative estimate of drug-likeness (QED) is 0.676. The van der Waals surface area contributed by atoms with Gasteiger partial charge in [-0.3, -0.25) is 4.79 Å². The van der Waals surface area contributed by atoms with Crippen molar-refractivity contribution in [2.45, 2.75) is 22.7 Å². The van der Waals surface area contributed by atoms with Gasteiger partial charge in [0.25, 0.3) is 0 Å². The van der Waals surface area contributed by atoms with E-state index in [0.717, 1.165) is 13.0 Å². The van der Waals surface area contributed by atoms with Gasteiger partial charge in [-0.15, -0.1) is 11.6 Å². The van der Waals surface area contributed by atoms with E-state index in [4.69, 9.17) is 11.6 Å². The lowest BCUT2D eigenvalue weighted by Gasteiger charge is -2.14. The average Bonchev–Trinajstić information content (AvgIpc) is 2.14. The molecule has 0 aliphatic heterocycles. The minimum atomic E-state index is -4.50. The molecule has 0 amide bonds. The van der Waals surface area contributed by atoms with Crippen LogP contribution in [0.4, 0.5) is 13.2 Å². The van der Waals surface area contributed by atoms with Gasteiger partial charge in [0.1, 0.15) is 11.1 Å². The number of hydrogen-bond acceptors (Lipinski definition) is 3. The standard InChI is InChI=1S/C10H8ClF3O2S/c1-5(15)9(11)8-6(16)3-2-4-7(8)17-10(12,13)14/h2-4,9,16H,1H3. The number of benzene rings is 1. The van der Waals surface area contributed by atoms with Crippen LogP contribution in [-0.2, 0) is 4.79 Å². The van der Waals surface area contributed by atoms with Gasteiger partial charge in [0, 0.05) is 10.5 Å². The molecular weight excluding hydrogens is 277 g/mol. The molecule has 1 N–H and O–H groups in total. The van der Waals surface area contributed by atoms with E-state index in [2.05, 4.69) is 0 Å². The van der Waals surface area contributed by atoms with Gasteiger partial charge in [0.2, 0.25) is 0 Å². The lowest BCUT2D eigenvalue weighted by atomic mass is 10.1. The number of carbonyl (C=O) groups is 1. The molecule has 1 rings (SSSR count). The zero-order valence-electron chi connectivity index (χ0n) is 8.58. The molecule has 94 valence electrons. The lowest BCUT2D eigenvalue weighted by Crippen LogP contribution is -2.06. The summed E-state index contributed by atoms with van der Waals surface area (Å²) in [5, 5.41) is 8.20. The van der Waals surface area contributed by atoms with Crippen LogP contribution >= 0.6 is 23.4 Å². The molecule has 0 saturated carbocycles. The van der Waals surface area contributed by atoms with E-state index in [1.165, 1.54) is 12.1 Å². The fraction of sp³-hybridized carbons (Fsp3) is 0.300. The number of thioether (sulfide) groups is 1. The molecule has 0 fully saturated rings. The van der Waals surface area contributed by atoms with Crippen LogP contribution in [0.3, 0.4) is 0 Å². The van der Waals surface area contributed by atoms with Crippen LogP contribution in [0.15, 0.2) is 23.1 Å². The second-order valence-electron chi connectivity index (χ2n) is 3.21. The van der Waals surface area contributed by atoms with Crippen molar-refractivity contribution in [1.82, 2.24) is 0 Å². The Kier molecular flexibility index (Phi) is 4.32. The van der Waals surface area contributed by atoms with Crippen molar-refractivity contribution in [3.05, 3.63) is 23.8 Å². The monoisotopic (exact) mass is 284 g/mol. The fourth-order valence-corrected chi connectivity index (χ4v) is 2.23. The minimum absolute atomic E-state index is 0.205. The molecule has 0 radical (unpaired) electrons. The SMILES string of the molecule is CC(=O)C(Cl)c1c(O)cccc1SC(F)(F)F. The predicted molar refractivity (Wildman–Crippen MR) is 59.3 cm³/mol. The van der Waals surface area contributed by atoms with Crippen LogP contribution in [-0.4, -0.2) is 16.4 Å². The van der Waals surface area contributed by atoms with Gasteiger partial charge in [-0.2, -0.15) is 13.2 Å². The predicted octanol–water partition coefficient (Wildman–Crippen LogP) is 3.87. The first kappa shape index (κ1) is 14.2. The van der Waals surface area contributed by atoms with E-state index >= 15 is 0 Å². The molecule has 0 saturated heterocycles. The van der Waals surface area contributed by atoms with Crippen LogP contribution in [0.2, 0.25) is 0 Å². The molecule has 0 aromatic heterocycles. The maximum atomic E-state index is 12.3. The Morgan fingerprint density at radius 3 is 2.53 bits per heavy atom. The van der Waals surface area contributed by atoms with Crippen LogP contribution < -0.4 is 0 Å². The van der Waals surface area contributed by atoms with Gasteiger partial charge in [-0.25, -0.2) is 0 Å². The first-order chi connectivity index (χ1) is 7.72. The van der Waals surface area contributed by atoms with E-state index in [9.17, 15) is 23.1 Å². The van der Waals surface area contributed by atoms with Crippen molar-refractivity contribution < 1.29 is 23.1 Å². The van der Waals surface area contributed by atoms with Crippen molar-refractivity contribution in [2.75, 3.05) is 0 Å². The molecular formula is C10H8ClF3O2S. The summed E-state index contributed by atoms with van der Waals surface area (Å²) in [5.74, 6) is -0.952. The van der Waals surface area contributed by atoms with E-state index in [1.54, 1.807) is 0 Å². The summed E-state index contributed by atoms with van der Waals surface area (Å²) in [5.41, 5.74) is -4.71. The highest BCUT2D eigenvalue weighted by Crippen LogP contribution is 2.44. The van der Waals surface area contributed by atoms with Gasteiger partial charge in [-0.1, -0.05) is 6.07 Å². The van der Waals surface area contributed by atoms with Crippen LogP contribution in [0.1, 0.15) is 17.9 Å². The third-order valence-corrected chi connectivity index (χ3v) is 3.21. The highest BCUT2D eigenvalue weighted by Gasteiger charge is 2.32. The minimum Gasteiger partial charge on any atom is -0.508 e. The Morgan fingerprint density at radius 2 is 2.06 bits per heavy atom. The van der Waals surface area contributed by atoms with Gasteiger partial charge >= 0.3 is 5.51 Å². The molecule has 17 heavy (non-hydrogen) atoms. The van der Waals surface area contributed by atoms with Crippen molar-refractivity contribution in [1.29, 1.82) is 0 Å². The van der Waals surface area contributed by atoms with Crippen molar-refractivity contribution >= 4 is 29.1 Å². The summed E-state index contributed by atoms with van der Waals surface area (Å²) in [6.07, 6.45) is 0. The number of aromatic hydroxyl groups is 1. The number of phenols is 1. The first-order valence-corrected chi connectivity index (χ1v) is 5.70. The van der Waals surface area contributed by atoms with Crippen LogP contribution in [0.5, 0.6) is 5.75 Å². The topological polar surface area (TPSA) is 37.3 Å². The summed E-state index contributed by atoms with van der Waals surface area (Å²) < 4.78 is 36.8. The summed E-state index contributed by atoms with van der Waals surface area (Å²) in [6.45, 7) is 1.14. The Balaban J connectivity index is 3.22. The van der Waals surface area contributed by atoms with Gasteiger partial charge in [-0.05, 0) is 30.8 Å². The smallest absolute Gasteiger partial charge is 0.446 e. The number of ketones is 1. The van der Waals surface area contributed by atoms with Gasteiger partial charge < -0.3 is 5.11 Å². The Labute approximate surface area is 105 Å². The lowest BCUT2D eigenvalue weighted by molar-refractivity contribution is -0.116. The normalized spacial score (nSPS) is 13.5. The first-order valence-electron chi connectivity index (χ1n) is 4.44. The Morgan fingerprint density at radius 1 is 1.47 bits per heavy atom. The van der Waals surface area contributed by atoms with Crippen molar-refractivity contribution in [2.24, 2.45) is 0 Å². The zero-order chi connectivity index (χ0) is 13.2. The summed E-state index contributed by atoms with van der Waals surface area (Å²) in [7, 11) is 0. The molecule has 1 aromatic carbocycles. The molecule has 1 aromatic rings. The molecule has 0 aliphatic rings. The summed E-state index contributed by atoms with van der Waals surface area (Å²) in [6, 6.07) is 3.61. The number of carbonyl (C=O) groups excluding carboxylic acids is 1. The Bertz CT molecular complexity index is 434. The number of rotatable bonds is 3. The molecule has 0 heterocycles. The van der Waals surface area contributed by atoms with Crippen LogP contribution in [0, 0.1) is 0 Å². The molecule has 0 spiro atoms. The number of phenolic OH excluding ortho intramolecular Hbond substituents is 1. The second kappa shape index (κ2) is 5.18. The van der Waals surface area contributed by atoms with E-state index in [-0.39, 0.29) is 10.5 Å². The summed E-state index contributed by atoms with van der Waals surface area (Å²) >= 11 is 5.28. The molecule has 1 atom stereocenters. The molecule has 7 heteroatoms. The van der Waals surface area contributed by atoms with E-state index < -0.39 is 34.2 Å². The maximum absolute atomic E-state index is 12.3. The zero-order valence-corrected chi connectivity index (χ0v) is 10.2. The maximum Gasteiger partial charge on any atom is 0.446 e. The molecule has 2 nitrogen and oxygen atoms in total. The van der Waals surface area contributed by atoms with E-state index in [0.29, 0.717) is 0 Å². The van der Waals surface area contributed by atoms with E-state index in [1.807, 2.05) is 0 Å². The van der Waals surface area contributed by atoms with Crippen LogP contribution in [0.25, 0.3) is 0 Å². The molecule has 0 bridgehead atoms. The third-order valence-electron chi connectivity index (χ3n) is 1.88. The fourth-order valence-electron chi connectivity index (χ4n) is 1.20. The largest absolute Gasteiger partial charge is 0.508 e. The van der Waals surface area contributed by atoms with Crippen molar-refractivity contribution in [3.63, 3.8) is 0 Å². The Hall–Kier alpha value is -0.880. The number of halogens is 4. The number of Topliss-reactive ketones (excluding diaryl/α,β-unsaturated/α-hetero) is 1. The second-order valence-corrected chi connectivity index (χ2v) is 4.75. The van der Waals surface area contributed by atoms with Crippen molar-refractivity contribution in [3.8, 4) is 5.75 Å². The van der Waals surface area contributed by atoms with Gasteiger partial charge in [0.05, 0.1) is 0 Å². The number of alkyl halides is 4. The molecule has 1 unspecified atom stereocenters. The third kappa shape index (κ3) is 3.81. The van der Waals surface area contributed by atoms with Gasteiger partial charge in [0.15, 0.2) is 5.78 Å². The number of hydrogen-bond donors (Lipinski definition) is 1. The summed E-state index contributed by atoms with van der Waals surface area (Å²) in [4.78, 5) is 10.8. The highest BCUT2D eigenvalue weighted by molar-refractivity contribution is 8.00. The molecule has 0 aliphatic carbocycles. The highest BCUT2D eigenvalue weighted by atomic mass is 35.5.